The molecule has 1 heterocycles. The van der Waals surface area contributed by atoms with Gasteiger partial charge >= 0.3 is 0 Å². The molecule has 1 aromatic heterocycles. The van der Waals surface area contributed by atoms with Crippen molar-refractivity contribution in [3.8, 4) is 5.75 Å². The second kappa shape index (κ2) is 6.24. The Labute approximate surface area is 113 Å². The lowest BCUT2D eigenvalue weighted by molar-refractivity contribution is 0.474. The molecule has 102 valence electrons. The number of hydrogen-bond donors (Lipinski definition) is 3. The number of phenols is 1. The van der Waals surface area contributed by atoms with Crippen LogP contribution in [0, 0.1) is 0 Å². The predicted molar refractivity (Wildman–Crippen MR) is 76.3 cm³/mol. The lowest BCUT2D eigenvalue weighted by Gasteiger charge is -2.09. The van der Waals surface area contributed by atoms with Crippen molar-refractivity contribution in [2.75, 3.05) is 18.4 Å². The van der Waals surface area contributed by atoms with E-state index in [1.54, 1.807) is 12.1 Å². The van der Waals surface area contributed by atoms with Crippen LogP contribution in [-0.2, 0) is 13.5 Å². The normalized spacial score (nSPS) is 10.6. The van der Waals surface area contributed by atoms with Crippen LogP contribution >= 0.6 is 0 Å². The first-order valence-electron chi connectivity index (χ1n) is 6.43. The molecule has 0 aliphatic carbocycles. The third kappa shape index (κ3) is 3.48. The van der Waals surface area contributed by atoms with E-state index in [-0.39, 0.29) is 5.75 Å². The Kier molecular flexibility index (Phi) is 4.41. The molecule has 4 N–H and O–H groups in total. The van der Waals surface area contributed by atoms with Gasteiger partial charge in [-0.25, -0.2) is 0 Å². The molecule has 0 aliphatic heterocycles. The number of rotatable bonds is 6. The van der Waals surface area contributed by atoms with Gasteiger partial charge in [0.25, 0.3) is 0 Å². The Morgan fingerprint density at radius 3 is 3.00 bits per heavy atom. The van der Waals surface area contributed by atoms with E-state index in [1.807, 2.05) is 30.1 Å². The zero-order valence-corrected chi connectivity index (χ0v) is 11.1. The van der Waals surface area contributed by atoms with Gasteiger partial charge in [0.1, 0.15) is 5.75 Å². The monoisotopic (exact) mass is 260 g/mol. The second-order valence-corrected chi connectivity index (χ2v) is 4.54. The summed E-state index contributed by atoms with van der Waals surface area (Å²) < 4.78 is 1.86. The standard InChI is InChI=1S/C14H20N4O/c1-18-14(9-11-4-2-5-12(19)8-11)13(10-17-18)16-7-3-6-15/h2,4-5,8,10,16,19H,3,6-7,9,15H2,1H3. The molecule has 0 radical (unpaired) electrons. The molecule has 0 spiro atoms. The van der Waals surface area contributed by atoms with Gasteiger partial charge in [0.2, 0.25) is 0 Å². The van der Waals surface area contributed by atoms with Gasteiger partial charge in [-0.2, -0.15) is 5.10 Å². The molecule has 1 aromatic carbocycles. The number of anilines is 1. The van der Waals surface area contributed by atoms with Gasteiger partial charge in [-0.05, 0) is 30.7 Å². The Morgan fingerprint density at radius 2 is 2.26 bits per heavy atom. The molecule has 0 aliphatic rings. The van der Waals surface area contributed by atoms with Gasteiger partial charge < -0.3 is 16.2 Å². The summed E-state index contributed by atoms with van der Waals surface area (Å²) in [5.74, 6) is 0.289. The van der Waals surface area contributed by atoms with E-state index in [9.17, 15) is 5.11 Å². The van der Waals surface area contributed by atoms with Crippen LogP contribution in [0.25, 0.3) is 0 Å². The molecule has 0 atom stereocenters. The Bertz CT molecular complexity index is 536. The minimum absolute atomic E-state index is 0.289. The molecule has 0 saturated carbocycles. The van der Waals surface area contributed by atoms with E-state index in [4.69, 9.17) is 5.73 Å². The maximum Gasteiger partial charge on any atom is 0.115 e. The Balaban J connectivity index is 2.12. The maximum absolute atomic E-state index is 9.50. The summed E-state index contributed by atoms with van der Waals surface area (Å²) >= 11 is 0. The summed E-state index contributed by atoms with van der Waals surface area (Å²) in [7, 11) is 1.92. The van der Waals surface area contributed by atoms with Crippen molar-refractivity contribution in [3.63, 3.8) is 0 Å². The number of nitrogens with zero attached hydrogens (tertiary/aromatic N) is 2. The van der Waals surface area contributed by atoms with Gasteiger partial charge in [0.15, 0.2) is 0 Å². The van der Waals surface area contributed by atoms with E-state index in [1.165, 1.54) is 0 Å². The number of nitrogens with one attached hydrogen (secondary N) is 1. The van der Waals surface area contributed by atoms with Crippen molar-refractivity contribution >= 4 is 5.69 Å². The fourth-order valence-electron chi connectivity index (χ4n) is 2.01. The molecule has 0 saturated heterocycles. The van der Waals surface area contributed by atoms with Crippen molar-refractivity contribution in [1.82, 2.24) is 9.78 Å². The average molecular weight is 260 g/mol. The number of aryl methyl sites for hydroxylation is 1. The topological polar surface area (TPSA) is 76.1 Å². The molecule has 5 heteroatoms. The molecule has 0 bridgehead atoms. The van der Waals surface area contributed by atoms with Crippen molar-refractivity contribution in [2.24, 2.45) is 12.8 Å². The van der Waals surface area contributed by atoms with Crippen LogP contribution in [0.4, 0.5) is 5.69 Å². The van der Waals surface area contributed by atoms with Crippen molar-refractivity contribution in [3.05, 3.63) is 41.7 Å². The van der Waals surface area contributed by atoms with Crippen LogP contribution in [0.15, 0.2) is 30.5 Å². The third-order valence-electron chi connectivity index (χ3n) is 3.04. The fraction of sp³-hybridized carbons (Fsp3) is 0.357. The molecule has 19 heavy (non-hydrogen) atoms. The minimum Gasteiger partial charge on any atom is -0.508 e. The first-order valence-corrected chi connectivity index (χ1v) is 6.43. The fourth-order valence-corrected chi connectivity index (χ4v) is 2.01. The molecule has 0 amide bonds. The summed E-state index contributed by atoms with van der Waals surface area (Å²) in [6.45, 7) is 1.52. The number of hydrogen-bond acceptors (Lipinski definition) is 4. The summed E-state index contributed by atoms with van der Waals surface area (Å²) in [5, 5.41) is 17.1. The molecular weight excluding hydrogens is 240 g/mol. The summed E-state index contributed by atoms with van der Waals surface area (Å²) in [5.41, 5.74) is 8.67. The number of aromatic nitrogens is 2. The molecule has 2 rings (SSSR count). The zero-order chi connectivity index (χ0) is 13.7. The van der Waals surface area contributed by atoms with Gasteiger partial charge in [0.05, 0.1) is 17.6 Å². The molecular formula is C14H20N4O. The van der Waals surface area contributed by atoms with Crippen LogP contribution in [0.2, 0.25) is 0 Å². The smallest absolute Gasteiger partial charge is 0.115 e. The third-order valence-corrected chi connectivity index (χ3v) is 3.04. The van der Waals surface area contributed by atoms with Crippen LogP contribution in [0.3, 0.4) is 0 Å². The Hall–Kier alpha value is -2.01. The van der Waals surface area contributed by atoms with E-state index < -0.39 is 0 Å². The lowest BCUT2D eigenvalue weighted by Crippen LogP contribution is -2.10. The first kappa shape index (κ1) is 13.4. The first-order chi connectivity index (χ1) is 9.20. The van der Waals surface area contributed by atoms with Crippen molar-refractivity contribution in [2.45, 2.75) is 12.8 Å². The van der Waals surface area contributed by atoms with Crippen LogP contribution in [-0.4, -0.2) is 28.0 Å². The number of phenolic OH excluding ortho intramolecular Hbond substituents is 1. The number of aromatic hydroxyl groups is 1. The van der Waals surface area contributed by atoms with Gasteiger partial charge in [-0.3, -0.25) is 4.68 Å². The van der Waals surface area contributed by atoms with Gasteiger partial charge in [-0.1, -0.05) is 12.1 Å². The zero-order valence-electron chi connectivity index (χ0n) is 11.1. The minimum atomic E-state index is 0.289. The Morgan fingerprint density at radius 1 is 1.42 bits per heavy atom. The highest BCUT2D eigenvalue weighted by Crippen LogP contribution is 2.20. The predicted octanol–water partition coefficient (Wildman–Crippen LogP) is 1.48. The van der Waals surface area contributed by atoms with Crippen LogP contribution < -0.4 is 11.1 Å². The van der Waals surface area contributed by atoms with Gasteiger partial charge in [0, 0.05) is 20.0 Å². The maximum atomic E-state index is 9.50. The highest BCUT2D eigenvalue weighted by molar-refractivity contribution is 5.48. The molecule has 0 unspecified atom stereocenters. The largest absolute Gasteiger partial charge is 0.508 e. The summed E-state index contributed by atoms with van der Waals surface area (Å²) in [6, 6.07) is 7.29. The highest BCUT2D eigenvalue weighted by Gasteiger charge is 2.09. The van der Waals surface area contributed by atoms with E-state index >= 15 is 0 Å². The van der Waals surface area contributed by atoms with Crippen LogP contribution in [0.5, 0.6) is 5.75 Å². The summed E-state index contributed by atoms with van der Waals surface area (Å²) in [4.78, 5) is 0. The van der Waals surface area contributed by atoms with E-state index in [0.717, 1.165) is 36.3 Å². The van der Waals surface area contributed by atoms with Crippen molar-refractivity contribution < 1.29 is 5.11 Å². The van der Waals surface area contributed by atoms with E-state index in [0.29, 0.717) is 6.54 Å². The molecule has 2 aromatic rings. The SMILES string of the molecule is Cn1ncc(NCCCN)c1Cc1cccc(O)c1. The van der Waals surface area contributed by atoms with E-state index in [2.05, 4.69) is 10.4 Å². The lowest BCUT2D eigenvalue weighted by atomic mass is 10.1. The average Bonchev–Trinajstić information content (AvgIpc) is 2.72. The number of benzene rings is 1. The number of nitrogens with two attached hydrogens (primary N) is 1. The second-order valence-electron chi connectivity index (χ2n) is 4.54. The molecule has 5 nitrogen and oxygen atoms in total. The quantitative estimate of drug-likeness (QED) is 0.688. The van der Waals surface area contributed by atoms with Gasteiger partial charge in [-0.15, -0.1) is 0 Å². The molecule has 0 fully saturated rings. The van der Waals surface area contributed by atoms with Crippen LogP contribution in [0.1, 0.15) is 17.7 Å². The summed E-state index contributed by atoms with van der Waals surface area (Å²) in [6.07, 6.45) is 3.49. The van der Waals surface area contributed by atoms with Crippen molar-refractivity contribution in [1.29, 1.82) is 0 Å². The highest BCUT2D eigenvalue weighted by atomic mass is 16.3.